The highest BCUT2D eigenvalue weighted by Gasteiger charge is 2.22. The predicted octanol–water partition coefficient (Wildman–Crippen LogP) is 4.16. The molecule has 0 saturated heterocycles. The van der Waals surface area contributed by atoms with Crippen molar-refractivity contribution in [1.29, 1.82) is 0 Å². The summed E-state index contributed by atoms with van der Waals surface area (Å²) in [7, 11) is 0. The van der Waals surface area contributed by atoms with Gasteiger partial charge in [-0.15, -0.1) is 5.10 Å². The molecule has 0 radical (unpaired) electrons. The molecule has 1 saturated carbocycles. The van der Waals surface area contributed by atoms with Crippen molar-refractivity contribution < 1.29 is 13.6 Å². The fraction of sp³-hybridized carbons (Fsp3) is 0.400. The summed E-state index contributed by atoms with van der Waals surface area (Å²) < 4.78 is 18.5. The Labute approximate surface area is 131 Å². The summed E-state index contributed by atoms with van der Waals surface area (Å²) in [5.41, 5.74) is 0.153. The van der Waals surface area contributed by atoms with Crippen molar-refractivity contribution in [2.45, 2.75) is 38.0 Å². The van der Waals surface area contributed by atoms with E-state index in [0.717, 1.165) is 31.7 Å². The van der Waals surface area contributed by atoms with E-state index < -0.39 is 11.7 Å². The molecule has 0 spiro atoms. The van der Waals surface area contributed by atoms with Gasteiger partial charge in [0.25, 0.3) is 5.91 Å². The maximum Gasteiger partial charge on any atom is 0.322 e. The highest BCUT2D eigenvalue weighted by Crippen LogP contribution is 2.32. The van der Waals surface area contributed by atoms with Crippen molar-refractivity contribution >= 4 is 23.5 Å². The minimum atomic E-state index is -0.510. The van der Waals surface area contributed by atoms with E-state index in [9.17, 15) is 9.18 Å². The van der Waals surface area contributed by atoms with Gasteiger partial charge in [-0.3, -0.25) is 10.1 Å². The lowest BCUT2D eigenvalue weighted by Gasteiger charge is -2.17. The van der Waals surface area contributed by atoms with Crippen LogP contribution in [0.4, 0.5) is 10.4 Å². The number of hydrogen-bond acceptors (Lipinski definition) is 4. The van der Waals surface area contributed by atoms with Crippen LogP contribution < -0.4 is 5.32 Å². The molecule has 1 heterocycles. The first-order chi connectivity index (χ1) is 10.6. The summed E-state index contributed by atoms with van der Waals surface area (Å²) in [5.74, 6) is -0.190. The second kappa shape index (κ2) is 6.44. The topological polar surface area (TPSA) is 68.0 Å². The van der Waals surface area contributed by atoms with Crippen molar-refractivity contribution in [3.63, 3.8) is 0 Å². The maximum absolute atomic E-state index is 13.0. The Morgan fingerprint density at radius 1 is 1.27 bits per heavy atom. The molecule has 1 fully saturated rings. The number of rotatable bonds is 3. The summed E-state index contributed by atoms with van der Waals surface area (Å²) in [6.07, 6.45) is 5.59. The molecule has 1 aliphatic rings. The van der Waals surface area contributed by atoms with Gasteiger partial charge < -0.3 is 4.42 Å². The highest BCUT2D eigenvalue weighted by molar-refractivity contribution is 6.34. The Hall–Kier alpha value is -1.95. The summed E-state index contributed by atoms with van der Waals surface area (Å²) in [6.45, 7) is 0. The van der Waals surface area contributed by atoms with Crippen molar-refractivity contribution in [3.05, 3.63) is 40.5 Å². The van der Waals surface area contributed by atoms with Gasteiger partial charge in [-0.1, -0.05) is 36.0 Å². The number of amides is 1. The van der Waals surface area contributed by atoms with Crippen LogP contribution in [0.3, 0.4) is 0 Å². The number of carbonyl (C=O) groups is 1. The molecular weight excluding hydrogens is 309 g/mol. The van der Waals surface area contributed by atoms with Crippen molar-refractivity contribution in [2.75, 3.05) is 5.32 Å². The average molecular weight is 324 g/mol. The predicted molar refractivity (Wildman–Crippen MR) is 79.5 cm³/mol. The average Bonchev–Trinajstić information content (AvgIpc) is 2.96. The van der Waals surface area contributed by atoms with Crippen molar-refractivity contribution in [3.8, 4) is 0 Å². The van der Waals surface area contributed by atoms with Crippen LogP contribution in [0.15, 0.2) is 22.6 Å². The van der Waals surface area contributed by atoms with Gasteiger partial charge in [0, 0.05) is 5.92 Å². The third-order valence-electron chi connectivity index (χ3n) is 3.79. The smallest absolute Gasteiger partial charge is 0.322 e. The zero-order chi connectivity index (χ0) is 15.5. The molecule has 0 bridgehead atoms. The van der Waals surface area contributed by atoms with Crippen LogP contribution in [0.2, 0.25) is 5.02 Å². The fourth-order valence-corrected chi connectivity index (χ4v) is 2.89. The Bertz CT molecular complexity index is 683. The number of aromatic nitrogens is 2. The van der Waals surface area contributed by atoms with Gasteiger partial charge in [-0.2, -0.15) is 0 Å². The van der Waals surface area contributed by atoms with Gasteiger partial charge in [0.15, 0.2) is 0 Å². The molecule has 5 nitrogen and oxygen atoms in total. The van der Waals surface area contributed by atoms with E-state index >= 15 is 0 Å². The van der Waals surface area contributed by atoms with Crippen LogP contribution >= 0.6 is 11.6 Å². The normalized spacial score (nSPS) is 15.7. The molecule has 1 N–H and O–H groups in total. The summed E-state index contributed by atoms with van der Waals surface area (Å²) in [6, 6.07) is 3.59. The lowest BCUT2D eigenvalue weighted by Crippen LogP contribution is -2.12. The number of anilines is 1. The van der Waals surface area contributed by atoms with Gasteiger partial charge in [0.1, 0.15) is 5.82 Å². The van der Waals surface area contributed by atoms with Crippen molar-refractivity contribution in [2.24, 2.45) is 0 Å². The summed E-state index contributed by atoms with van der Waals surface area (Å²) in [5, 5.41) is 10.4. The molecule has 0 unspecified atom stereocenters. The number of hydrogen-bond donors (Lipinski definition) is 1. The van der Waals surface area contributed by atoms with Gasteiger partial charge in [0.05, 0.1) is 10.6 Å². The SMILES string of the molecule is O=C(Nc1nnc(C2CCCCC2)o1)c1ccc(F)cc1Cl. The molecule has 1 aliphatic carbocycles. The Kier molecular flexibility index (Phi) is 4.38. The highest BCUT2D eigenvalue weighted by atomic mass is 35.5. The molecule has 3 rings (SSSR count). The molecule has 1 aromatic carbocycles. The van der Waals surface area contributed by atoms with E-state index in [1.165, 1.54) is 18.6 Å². The van der Waals surface area contributed by atoms with Crippen LogP contribution in [0.5, 0.6) is 0 Å². The number of benzene rings is 1. The Balaban J connectivity index is 1.70. The van der Waals surface area contributed by atoms with E-state index in [-0.39, 0.29) is 22.5 Å². The van der Waals surface area contributed by atoms with Crippen LogP contribution in [-0.4, -0.2) is 16.1 Å². The maximum atomic E-state index is 13.0. The van der Waals surface area contributed by atoms with E-state index in [2.05, 4.69) is 15.5 Å². The fourth-order valence-electron chi connectivity index (χ4n) is 2.64. The Morgan fingerprint density at radius 3 is 2.77 bits per heavy atom. The first kappa shape index (κ1) is 15.0. The standard InChI is InChI=1S/C15H15ClFN3O2/c16-12-8-10(17)6-7-11(12)13(21)18-15-20-19-14(22-15)9-4-2-1-3-5-9/h6-9H,1-5H2,(H,18,20,21). The molecule has 1 amide bonds. The molecule has 0 atom stereocenters. The molecule has 1 aromatic heterocycles. The first-order valence-electron chi connectivity index (χ1n) is 7.23. The van der Waals surface area contributed by atoms with Crippen LogP contribution in [0.1, 0.15) is 54.3 Å². The second-order valence-corrected chi connectivity index (χ2v) is 5.77. The number of nitrogens with one attached hydrogen (secondary N) is 1. The van der Waals surface area contributed by atoms with E-state index in [4.69, 9.17) is 16.0 Å². The molecular formula is C15H15ClFN3O2. The van der Waals surface area contributed by atoms with Gasteiger partial charge >= 0.3 is 6.01 Å². The van der Waals surface area contributed by atoms with Crippen LogP contribution in [0, 0.1) is 5.82 Å². The van der Waals surface area contributed by atoms with E-state index in [0.29, 0.717) is 5.89 Å². The molecule has 2 aromatic rings. The zero-order valence-corrected chi connectivity index (χ0v) is 12.6. The number of carbonyl (C=O) groups excluding carboxylic acids is 1. The Morgan fingerprint density at radius 2 is 2.05 bits per heavy atom. The van der Waals surface area contributed by atoms with Gasteiger partial charge in [-0.05, 0) is 31.0 Å². The van der Waals surface area contributed by atoms with E-state index in [1.54, 1.807) is 0 Å². The lowest BCUT2D eigenvalue weighted by atomic mass is 9.89. The summed E-state index contributed by atoms with van der Waals surface area (Å²) >= 11 is 5.85. The van der Waals surface area contributed by atoms with Gasteiger partial charge in [0.2, 0.25) is 5.89 Å². The monoisotopic (exact) mass is 323 g/mol. The summed E-state index contributed by atoms with van der Waals surface area (Å²) in [4.78, 5) is 12.1. The third-order valence-corrected chi connectivity index (χ3v) is 4.10. The first-order valence-corrected chi connectivity index (χ1v) is 7.61. The minimum Gasteiger partial charge on any atom is -0.408 e. The molecule has 22 heavy (non-hydrogen) atoms. The molecule has 0 aliphatic heterocycles. The molecule has 116 valence electrons. The lowest BCUT2D eigenvalue weighted by molar-refractivity contribution is 0.102. The second-order valence-electron chi connectivity index (χ2n) is 5.36. The van der Waals surface area contributed by atoms with Crippen LogP contribution in [0.25, 0.3) is 0 Å². The zero-order valence-electron chi connectivity index (χ0n) is 11.8. The van der Waals surface area contributed by atoms with E-state index in [1.807, 2.05) is 0 Å². The van der Waals surface area contributed by atoms with Crippen LogP contribution in [-0.2, 0) is 0 Å². The van der Waals surface area contributed by atoms with Gasteiger partial charge in [-0.25, -0.2) is 4.39 Å². The number of halogens is 2. The van der Waals surface area contributed by atoms with Crippen molar-refractivity contribution in [1.82, 2.24) is 10.2 Å². The molecule has 7 heteroatoms. The minimum absolute atomic E-state index is 0.0320. The largest absolute Gasteiger partial charge is 0.408 e. The third kappa shape index (κ3) is 3.27. The quantitative estimate of drug-likeness (QED) is 0.920. The number of nitrogens with zero attached hydrogens (tertiary/aromatic N) is 2.